The predicted molar refractivity (Wildman–Crippen MR) is 74.4 cm³/mol. The fourth-order valence-electron chi connectivity index (χ4n) is 2.25. The lowest BCUT2D eigenvalue weighted by molar-refractivity contribution is 0.0697. The van der Waals surface area contributed by atoms with Crippen LogP contribution in [-0.2, 0) is 6.42 Å². The van der Waals surface area contributed by atoms with E-state index in [0.29, 0.717) is 0 Å². The first kappa shape index (κ1) is 13.6. The van der Waals surface area contributed by atoms with E-state index in [1.807, 2.05) is 13.8 Å². The molecule has 19 heavy (non-hydrogen) atoms. The van der Waals surface area contributed by atoms with E-state index in [-0.39, 0.29) is 10.6 Å². The van der Waals surface area contributed by atoms with Crippen molar-refractivity contribution in [1.29, 1.82) is 0 Å². The van der Waals surface area contributed by atoms with Crippen LogP contribution >= 0.6 is 11.6 Å². The Labute approximate surface area is 116 Å². The van der Waals surface area contributed by atoms with Crippen LogP contribution in [0.25, 0.3) is 5.69 Å². The van der Waals surface area contributed by atoms with Crippen molar-refractivity contribution in [2.45, 2.75) is 27.2 Å². The number of hydrogen-bond acceptors (Lipinski definition) is 2. The molecule has 1 aromatic heterocycles. The summed E-state index contributed by atoms with van der Waals surface area (Å²) in [5, 5.41) is 13.7. The summed E-state index contributed by atoms with van der Waals surface area (Å²) >= 11 is 5.99. The fourth-order valence-corrected chi connectivity index (χ4v) is 2.50. The number of aromatic nitrogens is 2. The Balaban J connectivity index is 2.54. The van der Waals surface area contributed by atoms with E-state index < -0.39 is 5.97 Å². The number of hydrogen-bond donors (Lipinski definition) is 1. The molecule has 2 aromatic rings. The third-order valence-corrected chi connectivity index (χ3v) is 3.54. The van der Waals surface area contributed by atoms with Crippen molar-refractivity contribution in [3.63, 3.8) is 0 Å². The van der Waals surface area contributed by atoms with Crippen LogP contribution in [0.15, 0.2) is 18.2 Å². The smallest absolute Gasteiger partial charge is 0.337 e. The number of carbonyl (C=O) groups is 1. The highest BCUT2D eigenvalue weighted by molar-refractivity contribution is 6.33. The van der Waals surface area contributed by atoms with Gasteiger partial charge in [-0.25, -0.2) is 9.48 Å². The Kier molecular flexibility index (Phi) is 3.62. The van der Waals surface area contributed by atoms with Crippen molar-refractivity contribution in [2.24, 2.45) is 0 Å². The van der Waals surface area contributed by atoms with Crippen LogP contribution in [0.1, 0.15) is 34.2 Å². The lowest BCUT2D eigenvalue weighted by atomic mass is 10.1. The molecule has 1 heterocycles. The van der Waals surface area contributed by atoms with Crippen molar-refractivity contribution in [3.8, 4) is 5.69 Å². The third-order valence-electron chi connectivity index (χ3n) is 3.22. The second kappa shape index (κ2) is 5.05. The largest absolute Gasteiger partial charge is 0.478 e. The summed E-state index contributed by atoms with van der Waals surface area (Å²) in [7, 11) is 0. The lowest BCUT2D eigenvalue weighted by Gasteiger charge is -2.07. The minimum Gasteiger partial charge on any atom is -0.478 e. The first-order valence-electron chi connectivity index (χ1n) is 6.04. The Morgan fingerprint density at radius 3 is 2.58 bits per heavy atom. The SMILES string of the molecule is CCc1c(C)nn(-c2ccc(C(=O)O)c(Cl)c2)c1C. The Bertz CT molecular complexity index is 647. The van der Waals surface area contributed by atoms with Crippen LogP contribution in [-0.4, -0.2) is 20.9 Å². The van der Waals surface area contributed by atoms with Gasteiger partial charge in [-0.15, -0.1) is 0 Å². The molecule has 0 atom stereocenters. The number of aryl methyl sites for hydroxylation is 1. The number of carboxylic acid groups (broad SMARTS) is 1. The molecule has 4 nitrogen and oxygen atoms in total. The number of aromatic carboxylic acids is 1. The third kappa shape index (κ3) is 2.36. The van der Waals surface area contributed by atoms with Gasteiger partial charge in [-0.05, 0) is 44.0 Å². The summed E-state index contributed by atoms with van der Waals surface area (Å²) in [5.74, 6) is -1.03. The monoisotopic (exact) mass is 278 g/mol. The molecule has 1 aromatic carbocycles. The molecule has 5 heteroatoms. The highest BCUT2D eigenvalue weighted by Crippen LogP contribution is 2.23. The molecule has 0 aliphatic carbocycles. The molecule has 0 spiro atoms. The molecule has 100 valence electrons. The zero-order valence-corrected chi connectivity index (χ0v) is 11.8. The summed E-state index contributed by atoms with van der Waals surface area (Å²) in [6.07, 6.45) is 0.915. The van der Waals surface area contributed by atoms with E-state index in [4.69, 9.17) is 16.7 Å². The molecule has 0 radical (unpaired) electrons. The van der Waals surface area contributed by atoms with Crippen LogP contribution in [0.4, 0.5) is 0 Å². The van der Waals surface area contributed by atoms with Crippen molar-refractivity contribution in [1.82, 2.24) is 9.78 Å². The van der Waals surface area contributed by atoms with Gasteiger partial charge in [0.1, 0.15) is 0 Å². The topological polar surface area (TPSA) is 55.1 Å². The maximum Gasteiger partial charge on any atom is 0.337 e. The normalized spacial score (nSPS) is 10.7. The van der Waals surface area contributed by atoms with E-state index in [1.165, 1.54) is 11.6 Å². The first-order chi connectivity index (χ1) is 8.95. The average Bonchev–Trinajstić information content (AvgIpc) is 2.63. The molecule has 2 rings (SSSR count). The second-order valence-electron chi connectivity index (χ2n) is 4.38. The highest BCUT2D eigenvalue weighted by Gasteiger charge is 2.14. The fraction of sp³-hybridized carbons (Fsp3) is 0.286. The molecule has 0 saturated carbocycles. The van der Waals surface area contributed by atoms with Crippen LogP contribution < -0.4 is 0 Å². The van der Waals surface area contributed by atoms with Gasteiger partial charge in [-0.2, -0.15) is 5.10 Å². The molecule has 1 N–H and O–H groups in total. The Morgan fingerprint density at radius 2 is 2.11 bits per heavy atom. The lowest BCUT2D eigenvalue weighted by Crippen LogP contribution is -2.02. The molecule has 0 fully saturated rings. The van der Waals surface area contributed by atoms with Crippen LogP contribution in [0, 0.1) is 13.8 Å². The summed E-state index contributed by atoms with van der Waals surface area (Å²) in [6, 6.07) is 4.85. The summed E-state index contributed by atoms with van der Waals surface area (Å²) in [6.45, 7) is 6.05. The minimum absolute atomic E-state index is 0.0997. The van der Waals surface area contributed by atoms with E-state index in [0.717, 1.165) is 23.5 Å². The standard InChI is InChI=1S/C14H15ClN2O2/c1-4-11-8(2)16-17(9(11)3)10-5-6-12(14(18)19)13(15)7-10/h5-7H,4H2,1-3H3,(H,18,19). The van der Waals surface area contributed by atoms with Crippen molar-refractivity contribution in [3.05, 3.63) is 45.7 Å². The number of benzene rings is 1. The van der Waals surface area contributed by atoms with Crippen molar-refractivity contribution < 1.29 is 9.90 Å². The summed E-state index contributed by atoms with van der Waals surface area (Å²) in [5.41, 5.74) is 4.12. The van der Waals surface area contributed by atoms with Crippen LogP contribution in [0.3, 0.4) is 0 Å². The van der Waals surface area contributed by atoms with Gasteiger partial charge < -0.3 is 5.11 Å². The second-order valence-corrected chi connectivity index (χ2v) is 4.79. The van der Waals surface area contributed by atoms with Gasteiger partial charge in [0.2, 0.25) is 0 Å². The zero-order chi connectivity index (χ0) is 14.2. The van der Waals surface area contributed by atoms with E-state index >= 15 is 0 Å². The number of nitrogens with zero attached hydrogens (tertiary/aromatic N) is 2. The maximum absolute atomic E-state index is 10.9. The van der Waals surface area contributed by atoms with Gasteiger partial charge in [0, 0.05) is 5.69 Å². The van der Waals surface area contributed by atoms with Gasteiger partial charge >= 0.3 is 5.97 Å². The van der Waals surface area contributed by atoms with Crippen LogP contribution in [0.2, 0.25) is 5.02 Å². The van der Waals surface area contributed by atoms with Crippen molar-refractivity contribution >= 4 is 17.6 Å². The number of halogens is 1. The maximum atomic E-state index is 10.9. The minimum atomic E-state index is -1.03. The highest BCUT2D eigenvalue weighted by atomic mass is 35.5. The van der Waals surface area contributed by atoms with Gasteiger partial charge in [-0.3, -0.25) is 0 Å². The zero-order valence-electron chi connectivity index (χ0n) is 11.1. The first-order valence-corrected chi connectivity index (χ1v) is 6.41. The van der Waals surface area contributed by atoms with Crippen molar-refractivity contribution in [2.75, 3.05) is 0 Å². The molecular formula is C14H15ClN2O2. The summed E-state index contributed by atoms with van der Waals surface area (Å²) in [4.78, 5) is 10.9. The molecule has 0 aliphatic heterocycles. The number of rotatable bonds is 3. The van der Waals surface area contributed by atoms with E-state index in [2.05, 4.69) is 12.0 Å². The summed E-state index contributed by atoms with van der Waals surface area (Å²) < 4.78 is 1.80. The van der Waals surface area contributed by atoms with Gasteiger partial charge in [-0.1, -0.05) is 18.5 Å². The quantitative estimate of drug-likeness (QED) is 0.936. The molecule has 0 amide bonds. The molecular weight excluding hydrogens is 264 g/mol. The molecule has 0 unspecified atom stereocenters. The van der Waals surface area contributed by atoms with Gasteiger partial charge in [0.15, 0.2) is 0 Å². The van der Waals surface area contributed by atoms with Gasteiger partial charge in [0.25, 0.3) is 0 Å². The van der Waals surface area contributed by atoms with Crippen LogP contribution in [0.5, 0.6) is 0 Å². The molecule has 0 bridgehead atoms. The van der Waals surface area contributed by atoms with E-state index in [1.54, 1.807) is 16.8 Å². The molecule has 0 aliphatic rings. The number of carboxylic acids is 1. The average molecular weight is 279 g/mol. The Hall–Kier alpha value is -1.81. The molecule has 0 saturated heterocycles. The Morgan fingerprint density at radius 1 is 1.42 bits per heavy atom. The van der Waals surface area contributed by atoms with E-state index in [9.17, 15) is 4.79 Å². The predicted octanol–water partition coefficient (Wildman–Crippen LogP) is 3.40. The van der Waals surface area contributed by atoms with Gasteiger partial charge in [0.05, 0.1) is 22.0 Å².